The first-order valence-electron chi connectivity index (χ1n) is 12.6. The molecule has 41 heavy (non-hydrogen) atoms. The summed E-state index contributed by atoms with van der Waals surface area (Å²) in [5, 5.41) is 0.429. The summed E-state index contributed by atoms with van der Waals surface area (Å²) in [6.07, 6.45) is -4.04. The lowest BCUT2D eigenvalue weighted by Crippen LogP contribution is -2.26. The van der Waals surface area contributed by atoms with E-state index in [4.69, 9.17) is 14.2 Å². The number of rotatable bonds is 10. The van der Waals surface area contributed by atoms with Gasteiger partial charge in [0.1, 0.15) is 23.9 Å². The number of hydrogen-bond donors (Lipinski definition) is 0. The molecule has 0 saturated carbocycles. The molecule has 1 heterocycles. The second kappa shape index (κ2) is 12.2. The molecular formula is C31H28F3NO6. The maximum Gasteiger partial charge on any atom is 0.573 e. The number of benzene rings is 3. The van der Waals surface area contributed by atoms with Crippen LogP contribution in [-0.4, -0.2) is 42.6 Å². The smallest absolute Gasteiger partial charge is 0.497 e. The minimum atomic E-state index is -4.88. The second-order valence-electron chi connectivity index (χ2n) is 9.16. The number of hydrogen-bond acceptors (Lipinski definition) is 6. The average molecular weight is 568 g/mol. The third-order valence-corrected chi connectivity index (χ3v) is 6.35. The van der Waals surface area contributed by atoms with E-state index in [1.165, 1.54) is 36.0 Å². The van der Waals surface area contributed by atoms with Crippen molar-refractivity contribution in [1.29, 1.82) is 0 Å². The number of alkyl halides is 3. The number of esters is 1. The van der Waals surface area contributed by atoms with Gasteiger partial charge in [-0.25, -0.2) is 4.79 Å². The lowest BCUT2D eigenvalue weighted by atomic mass is 10.0. The molecule has 4 rings (SSSR count). The van der Waals surface area contributed by atoms with Gasteiger partial charge in [0, 0.05) is 16.6 Å². The lowest BCUT2D eigenvalue weighted by molar-refractivity contribution is -0.274. The maximum atomic E-state index is 13.6. The zero-order valence-electron chi connectivity index (χ0n) is 22.7. The summed E-state index contributed by atoms with van der Waals surface area (Å²) >= 11 is 0. The van der Waals surface area contributed by atoms with E-state index in [0.29, 0.717) is 39.2 Å². The van der Waals surface area contributed by atoms with Gasteiger partial charge in [0.15, 0.2) is 6.10 Å². The molecule has 0 aliphatic carbocycles. The Bertz CT molecular complexity index is 1570. The Kier molecular flexibility index (Phi) is 8.71. The molecule has 0 N–H and O–H groups in total. The van der Waals surface area contributed by atoms with Crippen LogP contribution >= 0.6 is 0 Å². The Morgan fingerprint density at radius 2 is 1.71 bits per heavy atom. The van der Waals surface area contributed by atoms with E-state index >= 15 is 0 Å². The van der Waals surface area contributed by atoms with Crippen molar-refractivity contribution in [2.24, 2.45) is 0 Å². The van der Waals surface area contributed by atoms with E-state index in [1.54, 1.807) is 56.3 Å². The van der Waals surface area contributed by atoms with Crippen LogP contribution in [0.25, 0.3) is 10.9 Å². The molecule has 0 radical (unpaired) electrons. The number of methoxy groups -OCH3 is 1. The minimum Gasteiger partial charge on any atom is -0.497 e. The number of fused-ring (bicyclic) bond motifs is 1. The number of ether oxygens (including phenoxy) is 4. The van der Waals surface area contributed by atoms with E-state index in [1.807, 2.05) is 6.07 Å². The zero-order chi connectivity index (χ0) is 29.7. The SMILES string of the molecule is C=CCOC(=O)C(C)Oc1cccc(Cc2c(C)n(C(=O)c3ccc(OC)cc3)c3ccc(OC(F)(F)F)cc23)c1. The minimum absolute atomic E-state index is 0.0607. The van der Waals surface area contributed by atoms with Gasteiger partial charge in [0.05, 0.1) is 12.6 Å². The van der Waals surface area contributed by atoms with Crippen molar-refractivity contribution in [1.82, 2.24) is 4.57 Å². The van der Waals surface area contributed by atoms with Crippen molar-refractivity contribution < 1.29 is 41.7 Å². The highest BCUT2D eigenvalue weighted by atomic mass is 19.4. The quantitative estimate of drug-likeness (QED) is 0.158. The molecule has 7 nitrogen and oxygen atoms in total. The van der Waals surface area contributed by atoms with E-state index in [0.717, 1.165) is 5.56 Å². The highest BCUT2D eigenvalue weighted by Gasteiger charge is 2.31. The van der Waals surface area contributed by atoms with Gasteiger partial charge in [-0.3, -0.25) is 9.36 Å². The fourth-order valence-corrected chi connectivity index (χ4v) is 4.45. The average Bonchev–Trinajstić information content (AvgIpc) is 3.20. The summed E-state index contributed by atoms with van der Waals surface area (Å²) in [4.78, 5) is 25.7. The van der Waals surface area contributed by atoms with Crippen LogP contribution in [0, 0.1) is 6.92 Å². The Hall–Kier alpha value is -4.73. The molecule has 0 spiro atoms. The predicted molar refractivity (Wildman–Crippen MR) is 147 cm³/mol. The first-order valence-corrected chi connectivity index (χ1v) is 12.6. The first-order chi connectivity index (χ1) is 19.5. The fraction of sp³-hybridized carbons (Fsp3) is 0.226. The largest absolute Gasteiger partial charge is 0.573 e. The number of nitrogens with zero attached hydrogens (tertiary/aromatic N) is 1. The standard InChI is InChI=1S/C31H28F3NO6/c1-5-15-39-30(37)20(3)40-24-8-6-7-21(16-24)17-26-19(2)35(29(36)22-9-11-23(38-4)12-10-22)28-14-13-25(18-27(26)28)41-31(32,33)34/h5-14,16,18,20H,1,15,17H2,2-4H3. The fourth-order valence-electron chi connectivity index (χ4n) is 4.45. The summed E-state index contributed by atoms with van der Waals surface area (Å²) in [6.45, 7) is 6.86. The van der Waals surface area contributed by atoms with Crippen molar-refractivity contribution in [2.45, 2.75) is 32.7 Å². The maximum absolute atomic E-state index is 13.6. The van der Waals surface area contributed by atoms with Crippen LogP contribution in [0.3, 0.4) is 0 Å². The van der Waals surface area contributed by atoms with Crippen LogP contribution < -0.4 is 14.2 Å². The van der Waals surface area contributed by atoms with Crippen molar-refractivity contribution in [3.63, 3.8) is 0 Å². The highest BCUT2D eigenvalue weighted by Crippen LogP contribution is 2.34. The molecule has 1 unspecified atom stereocenters. The highest BCUT2D eigenvalue weighted by molar-refractivity contribution is 6.04. The second-order valence-corrected chi connectivity index (χ2v) is 9.16. The number of halogens is 3. The van der Waals surface area contributed by atoms with E-state index in [9.17, 15) is 22.8 Å². The molecule has 0 aliphatic rings. The lowest BCUT2D eigenvalue weighted by Gasteiger charge is -2.14. The van der Waals surface area contributed by atoms with Crippen LogP contribution in [0.15, 0.2) is 79.4 Å². The molecule has 4 aromatic rings. The zero-order valence-corrected chi connectivity index (χ0v) is 22.7. The third kappa shape index (κ3) is 6.89. The van der Waals surface area contributed by atoms with Crippen molar-refractivity contribution >= 4 is 22.8 Å². The summed E-state index contributed by atoms with van der Waals surface area (Å²) in [7, 11) is 1.52. The number of carbonyl (C=O) groups excluding carboxylic acids is 2. The van der Waals surface area contributed by atoms with Crippen molar-refractivity contribution in [3.05, 3.63) is 102 Å². The van der Waals surface area contributed by atoms with Gasteiger partial charge in [-0.05, 0) is 86.0 Å². The third-order valence-electron chi connectivity index (χ3n) is 6.35. The Labute approximate surface area is 234 Å². The van der Waals surface area contributed by atoms with Gasteiger partial charge >= 0.3 is 12.3 Å². The Morgan fingerprint density at radius 3 is 2.37 bits per heavy atom. The van der Waals surface area contributed by atoms with Gasteiger partial charge in [-0.2, -0.15) is 0 Å². The van der Waals surface area contributed by atoms with Gasteiger partial charge in [0.2, 0.25) is 0 Å². The molecule has 10 heteroatoms. The van der Waals surface area contributed by atoms with Gasteiger partial charge in [0.25, 0.3) is 5.91 Å². The van der Waals surface area contributed by atoms with Crippen molar-refractivity contribution in [2.75, 3.05) is 13.7 Å². The summed E-state index contributed by atoms with van der Waals surface area (Å²) in [5.41, 5.74) is 2.73. The molecule has 0 amide bonds. The molecule has 0 saturated heterocycles. The normalized spacial score (nSPS) is 12.0. The van der Waals surface area contributed by atoms with Crippen molar-refractivity contribution in [3.8, 4) is 17.2 Å². The van der Waals surface area contributed by atoms with Crippen LogP contribution in [0.5, 0.6) is 17.2 Å². The Morgan fingerprint density at radius 1 is 1.00 bits per heavy atom. The van der Waals surface area contributed by atoms with Gasteiger partial charge in [-0.15, -0.1) is 13.2 Å². The van der Waals surface area contributed by atoms with Gasteiger partial charge < -0.3 is 18.9 Å². The van der Waals surface area contributed by atoms with Crippen LogP contribution in [0.1, 0.15) is 34.1 Å². The Balaban J connectivity index is 1.73. The number of carbonyl (C=O) groups is 2. The summed E-state index contributed by atoms with van der Waals surface area (Å²) < 4.78 is 60.6. The molecule has 0 bridgehead atoms. The molecule has 3 aromatic carbocycles. The predicted octanol–water partition coefficient (Wildman–Crippen LogP) is 6.63. The molecule has 0 aliphatic heterocycles. The number of aromatic nitrogens is 1. The van der Waals surface area contributed by atoms with E-state index in [2.05, 4.69) is 11.3 Å². The van der Waals surface area contributed by atoms with Gasteiger partial charge in [-0.1, -0.05) is 24.8 Å². The molecule has 0 fully saturated rings. The van der Waals surface area contributed by atoms with E-state index < -0.39 is 24.2 Å². The molecule has 214 valence electrons. The van der Waals surface area contributed by atoms with Crippen LogP contribution in [-0.2, 0) is 16.0 Å². The summed E-state index contributed by atoms with van der Waals surface area (Å²) in [5.74, 6) is -0.319. The topological polar surface area (TPSA) is 76.0 Å². The molecule has 1 atom stereocenters. The summed E-state index contributed by atoms with van der Waals surface area (Å²) in [6, 6.07) is 17.4. The van der Waals surface area contributed by atoms with Crippen LogP contribution in [0.2, 0.25) is 0 Å². The first kappa shape index (κ1) is 29.3. The molecule has 1 aromatic heterocycles. The van der Waals surface area contributed by atoms with Crippen LogP contribution in [0.4, 0.5) is 13.2 Å². The monoisotopic (exact) mass is 567 g/mol. The molecular weight excluding hydrogens is 539 g/mol. The van der Waals surface area contributed by atoms with E-state index in [-0.39, 0.29) is 18.9 Å².